The van der Waals surface area contributed by atoms with Crippen LogP contribution in [0, 0.1) is 0 Å². The van der Waals surface area contributed by atoms with Gasteiger partial charge in [0.25, 0.3) is 5.91 Å². The van der Waals surface area contributed by atoms with Crippen LogP contribution in [0.2, 0.25) is 0 Å². The molecule has 0 saturated carbocycles. The number of aryl methyl sites for hydroxylation is 1. The first-order valence-electron chi connectivity index (χ1n) is 9.10. The van der Waals surface area contributed by atoms with Gasteiger partial charge in [-0.2, -0.15) is 13.2 Å². The van der Waals surface area contributed by atoms with Crippen molar-refractivity contribution in [2.45, 2.75) is 19.0 Å². The fraction of sp³-hybridized carbons (Fsp3) is 0.136. The second kappa shape index (κ2) is 9.21. The minimum absolute atomic E-state index is 0.0274. The molecule has 0 fully saturated rings. The van der Waals surface area contributed by atoms with Crippen molar-refractivity contribution in [1.82, 2.24) is 4.98 Å². The topological polar surface area (TPSA) is 71.1 Å². The van der Waals surface area contributed by atoms with Crippen molar-refractivity contribution < 1.29 is 22.8 Å². The molecular formula is C22H18F3N3O2. The average molecular weight is 413 g/mol. The SMILES string of the molecule is O=C(CCc1ccccn1)Nc1cccc(C(=O)Nc2cccc(C(F)(F)F)c2)c1. The maximum absolute atomic E-state index is 12.8. The van der Waals surface area contributed by atoms with E-state index in [0.717, 1.165) is 17.8 Å². The van der Waals surface area contributed by atoms with E-state index in [1.54, 1.807) is 24.4 Å². The Morgan fingerprint density at radius 3 is 2.30 bits per heavy atom. The molecule has 0 saturated heterocycles. The van der Waals surface area contributed by atoms with Crippen LogP contribution >= 0.6 is 0 Å². The number of carbonyl (C=O) groups excluding carboxylic acids is 2. The fourth-order valence-corrected chi connectivity index (χ4v) is 2.73. The van der Waals surface area contributed by atoms with Crippen molar-refractivity contribution in [1.29, 1.82) is 0 Å². The molecule has 0 atom stereocenters. The molecule has 2 N–H and O–H groups in total. The third-order valence-electron chi connectivity index (χ3n) is 4.19. The van der Waals surface area contributed by atoms with Gasteiger partial charge in [-0.05, 0) is 55.0 Å². The van der Waals surface area contributed by atoms with Gasteiger partial charge < -0.3 is 10.6 Å². The number of nitrogens with one attached hydrogen (secondary N) is 2. The van der Waals surface area contributed by atoms with Gasteiger partial charge >= 0.3 is 6.18 Å². The third kappa shape index (κ3) is 5.91. The first kappa shape index (κ1) is 21.0. The molecule has 3 aromatic rings. The van der Waals surface area contributed by atoms with Gasteiger partial charge in [-0.1, -0.05) is 18.2 Å². The zero-order chi connectivity index (χ0) is 21.6. The molecule has 0 radical (unpaired) electrons. The van der Waals surface area contributed by atoms with Crippen LogP contribution in [0.4, 0.5) is 24.5 Å². The van der Waals surface area contributed by atoms with Crippen LogP contribution in [-0.4, -0.2) is 16.8 Å². The summed E-state index contributed by atoms with van der Waals surface area (Å²) in [5, 5.41) is 5.14. The second-order valence-electron chi connectivity index (χ2n) is 6.48. The number of carbonyl (C=O) groups is 2. The Morgan fingerprint density at radius 2 is 1.60 bits per heavy atom. The van der Waals surface area contributed by atoms with Gasteiger partial charge in [0.2, 0.25) is 5.91 Å². The van der Waals surface area contributed by atoms with E-state index in [4.69, 9.17) is 0 Å². The predicted molar refractivity (Wildman–Crippen MR) is 107 cm³/mol. The van der Waals surface area contributed by atoms with Crippen LogP contribution in [0.25, 0.3) is 0 Å². The van der Waals surface area contributed by atoms with E-state index < -0.39 is 17.6 Å². The number of nitrogens with zero attached hydrogens (tertiary/aromatic N) is 1. The Bertz CT molecular complexity index is 1040. The number of alkyl halides is 3. The minimum atomic E-state index is -4.50. The van der Waals surface area contributed by atoms with Crippen molar-refractivity contribution in [3.63, 3.8) is 0 Å². The fourth-order valence-electron chi connectivity index (χ4n) is 2.73. The lowest BCUT2D eigenvalue weighted by Gasteiger charge is -2.11. The molecule has 2 amide bonds. The van der Waals surface area contributed by atoms with Crippen molar-refractivity contribution in [3.8, 4) is 0 Å². The first-order chi connectivity index (χ1) is 14.3. The largest absolute Gasteiger partial charge is 0.416 e. The van der Waals surface area contributed by atoms with Gasteiger partial charge in [0.15, 0.2) is 0 Å². The molecule has 0 aliphatic carbocycles. The van der Waals surface area contributed by atoms with Gasteiger partial charge in [0, 0.05) is 35.2 Å². The second-order valence-corrected chi connectivity index (χ2v) is 6.48. The number of rotatable bonds is 6. The van der Waals surface area contributed by atoms with Crippen molar-refractivity contribution >= 4 is 23.2 Å². The van der Waals surface area contributed by atoms with Gasteiger partial charge in [-0.3, -0.25) is 14.6 Å². The van der Waals surface area contributed by atoms with E-state index in [0.29, 0.717) is 12.1 Å². The maximum Gasteiger partial charge on any atom is 0.416 e. The summed E-state index contributed by atoms with van der Waals surface area (Å²) in [6.07, 6.45) is -2.15. The van der Waals surface area contributed by atoms with Gasteiger partial charge in [0.05, 0.1) is 5.56 Å². The summed E-state index contributed by atoms with van der Waals surface area (Å²) >= 11 is 0. The maximum atomic E-state index is 12.8. The molecule has 1 heterocycles. The monoisotopic (exact) mass is 413 g/mol. The van der Waals surface area contributed by atoms with Crippen molar-refractivity contribution in [2.75, 3.05) is 10.6 Å². The zero-order valence-electron chi connectivity index (χ0n) is 15.7. The van der Waals surface area contributed by atoms with Crippen LogP contribution in [0.1, 0.15) is 28.0 Å². The normalized spacial score (nSPS) is 11.0. The Morgan fingerprint density at radius 1 is 0.867 bits per heavy atom. The molecule has 0 unspecified atom stereocenters. The molecule has 0 aliphatic heterocycles. The molecule has 5 nitrogen and oxygen atoms in total. The average Bonchev–Trinajstić information content (AvgIpc) is 2.73. The van der Waals surface area contributed by atoms with E-state index in [1.165, 1.54) is 24.3 Å². The van der Waals surface area contributed by atoms with E-state index in [1.807, 2.05) is 12.1 Å². The molecule has 0 spiro atoms. The Hall–Kier alpha value is -3.68. The lowest BCUT2D eigenvalue weighted by molar-refractivity contribution is -0.137. The number of benzene rings is 2. The Balaban J connectivity index is 1.62. The number of pyridine rings is 1. The van der Waals surface area contributed by atoms with Gasteiger partial charge in [0.1, 0.15) is 0 Å². The number of hydrogen-bond donors (Lipinski definition) is 2. The van der Waals surface area contributed by atoms with Crippen LogP contribution in [0.3, 0.4) is 0 Å². The van der Waals surface area contributed by atoms with Gasteiger partial charge in [-0.25, -0.2) is 0 Å². The number of hydrogen-bond acceptors (Lipinski definition) is 3. The van der Waals surface area contributed by atoms with Crippen LogP contribution in [-0.2, 0) is 17.4 Å². The third-order valence-corrected chi connectivity index (χ3v) is 4.19. The quantitative estimate of drug-likeness (QED) is 0.602. The highest BCUT2D eigenvalue weighted by Gasteiger charge is 2.30. The highest BCUT2D eigenvalue weighted by atomic mass is 19.4. The molecule has 8 heteroatoms. The Kier molecular flexibility index (Phi) is 6.46. The smallest absolute Gasteiger partial charge is 0.326 e. The van der Waals surface area contributed by atoms with E-state index in [2.05, 4.69) is 15.6 Å². The van der Waals surface area contributed by atoms with Crippen LogP contribution in [0.15, 0.2) is 72.9 Å². The zero-order valence-corrected chi connectivity index (χ0v) is 15.7. The van der Waals surface area contributed by atoms with Crippen molar-refractivity contribution in [3.05, 3.63) is 89.7 Å². The Labute approximate surface area is 171 Å². The molecule has 3 rings (SSSR count). The lowest BCUT2D eigenvalue weighted by atomic mass is 10.1. The van der Waals surface area contributed by atoms with E-state index in [-0.39, 0.29) is 23.6 Å². The van der Waals surface area contributed by atoms with Crippen molar-refractivity contribution in [2.24, 2.45) is 0 Å². The van der Waals surface area contributed by atoms with Gasteiger partial charge in [-0.15, -0.1) is 0 Å². The van der Waals surface area contributed by atoms with E-state index in [9.17, 15) is 22.8 Å². The summed E-state index contributed by atoms with van der Waals surface area (Å²) in [5.74, 6) is -0.824. The molecule has 30 heavy (non-hydrogen) atoms. The summed E-state index contributed by atoms with van der Waals surface area (Å²) in [4.78, 5) is 28.7. The van der Waals surface area contributed by atoms with Crippen LogP contribution < -0.4 is 10.6 Å². The summed E-state index contributed by atoms with van der Waals surface area (Å²) < 4.78 is 38.5. The number of amides is 2. The molecule has 1 aromatic heterocycles. The highest BCUT2D eigenvalue weighted by molar-refractivity contribution is 6.05. The summed E-state index contributed by atoms with van der Waals surface area (Å²) in [7, 11) is 0. The minimum Gasteiger partial charge on any atom is -0.326 e. The molecule has 154 valence electrons. The number of aromatic nitrogens is 1. The van der Waals surface area contributed by atoms with E-state index >= 15 is 0 Å². The summed E-state index contributed by atoms with van der Waals surface area (Å²) in [5.41, 5.74) is 0.586. The molecular weight excluding hydrogens is 395 g/mol. The highest BCUT2D eigenvalue weighted by Crippen LogP contribution is 2.30. The predicted octanol–water partition coefficient (Wildman–Crippen LogP) is 4.92. The number of halogens is 3. The standard InChI is InChI=1S/C22H18F3N3O2/c23-22(24,25)16-6-4-9-19(14-16)28-21(30)15-5-3-8-18(13-15)27-20(29)11-10-17-7-1-2-12-26-17/h1-9,12-14H,10-11H2,(H,27,29)(H,28,30). The summed E-state index contributed by atoms with van der Waals surface area (Å²) in [6, 6.07) is 16.0. The number of anilines is 2. The molecule has 0 bridgehead atoms. The summed E-state index contributed by atoms with van der Waals surface area (Å²) in [6.45, 7) is 0. The molecule has 0 aliphatic rings. The molecule has 2 aromatic carbocycles. The lowest BCUT2D eigenvalue weighted by Crippen LogP contribution is -2.15. The van der Waals surface area contributed by atoms with Crippen LogP contribution in [0.5, 0.6) is 0 Å². The first-order valence-corrected chi connectivity index (χ1v) is 9.10.